The molecule has 0 fully saturated rings. The molecule has 21 heavy (non-hydrogen) atoms. The summed E-state index contributed by atoms with van der Waals surface area (Å²) in [4.78, 5) is 0. The standard InChI is InChI=1S/C16H10Cl2F2O/c17-7-1-2-11-3-5-14(20)9-16(11)21-10-12-4-6-13(19)8-15(12)18/h3-6,8-9H,7,10H2. The normalized spacial score (nSPS) is 9.90. The lowest BCUT2D eigenvalue weighted by atomic mass is 10.2. The minimum atomic E-state index is -0.438. The van der Waals surface area contributed by atoms with Crippen LogP contribution in [0.1, 0.15) is 11.1 Å². The lowest BCUT2D eigenvalue weighted by molar-refractivity contribution is 0.303. The summed E-state index contributed by atoms with van der Waals surface area (Å²) in [6.07, 6.45) is 0. The number of ether oxygens (including phenoxy) is 1. The van der Waals surface area contributed by atoms with Crippen molar-refractivity contribution in [3.63, 3.8) is 0 Å². The smallest absolute Gasteiger partial charge is 0.138 e. The maximum absolute atomic E-state index is 13.3. The minimum Gasteiger partial charge on any atom is -0.487 e. The molecule has 0 radical (unpaired) electrons. The van der Waals surface area contributed by atoms with Crippen molar-refractivity contribution in [3.05, 3.63) is 64.2 Å². The minimum absolute atomic E-state index is 0.0815. The van der Waals surface area contributed by atoms with Crippen LogP contribution in [0.2, 0.25) is 5.02 Å². The summed E-state index contributed by atoms with van der Waals surface area (Å²) in [6.45, 7) is 0.0815. The second-order valence-electron chi connectivity index (χ2n) is 4.10. The van der Waals surface area contributed by atoms with E-state index in [1.807, 2.05) is 0 Å². The fourth-order valence-electron chi connectivity index (χ4n) is 1.64. The quantitative estimate of drug-likeness (QED) is 0.582. The molecule has 0 bridgehead atoms. The molecule has 2 aromatic rings. The topological polar surface area (TPSA) is 9.23 Å². The molecular formula is C16H10Cl2F2O. The van der Waals surface area contributed by atoms with Gasteiger partial charge in [0.05, 0.1) is 16.5 Å². The monoisotopic (exact) mass is 326 g/mol. The van der Waals surface area contributed by atoms with Gasteiger partial charge in [0.25, 0.3) is 0 Å². The molecule has 0 aliphatic carbocycles. The summed E-state index contributed by atoms with van der Waals surface area (Å²) in [7, 11) is 0. The van der Waals surface area contributed by atoms with Gasteiger partial charge in [0.15, 0.2) is 0 Å². The van der Waals surface area contributed by atoms with Gasteiger partial charge in [-0.3, -0.25) is 0 Å². The zero-order chi connectivity index (χ0) is 15.2. The molecule has 5 heteroatoms. The molecule has 2 aromatic carbocycles. The van der Waals surface area contributed by atoms with Gasteiger partial charge in [0.2, 0.25) is 0 Å². The van der Waals surface area contributed by atoms with E-state index in [0.29, 0.717) is 11.1 Å². The van der Waals surface area contributed by atoms with Gasteiger partial charge in [-0.05, 0) is 24.3 Å². The van der Waals surface area contributed by atoms with Crippen LogP contribution in [0, 0.1) is 23.5 Å². The molecule has 108 valence electrons. The summed E-state index contributed by atoms with van der Waals surface area (Å²) in [5.41, 5.74) is 1.12. The van der Waals surface area contributed by atoms with Crippen LogP contribution in [0.3, 0.4) is 0 Å². The lowest BCUT2D eigenvalue weighted by Crippen LogP contribution is -1.99. The molecule has 0 aliphatic heterocycles. The molecule has 0 saturated carbocycles. The van der Waals surface area contributed by atoms with Crippen molar-refractivity contribution in [3.8, 4) is 17.6 Å². The number of rotatable bonds is 3. The number of halogens is 4. The van der Waals surface area contributed by atoms with Crippen molar-refractivity contribution in [2.24, 2.45) is 0 Å². The predicted molar refractivity (Wildman–Crippen MR) is 79.7 cm³/mol. The van der Waals surface area contributed by atoms with E-state index in [2.05, 4.69) is 11.8 Å². The highest BCUT2D eigenvalue weighted by Gasteiger charge is 2.07. The van der Waals surface area contributed by atoms with Gasteiger partial charge in [-0.15, -0.1) is 11.6 Å². The molecule has 2 rings (SSSR count). The van der Waals surface area contributed by atoms with Crippen LogP contribution >= 0.6 is 23.2 Å². The first-order chi connectivity index (χ1) is 10.1. The molecule has 0 amide bonds. The van der Waals surface area contributed by atoms with Crippen LogP contribution in [0.4, 0.5) is 8.78 Å². The molecular weight excluding hydrogens is 317 g/mol. The van der Waals surface area contributed by atoms with Crippen molar-refractivity contribution in [2.45, 2.75) is 6.61 Å². The second kappa shape index (κ2) is 7.31. The first-order valence-electron chi connectivity index (χ1n) is 6.01. The van der Waals surface area contributed by atoms with Crippen LogP contribution in [0.25, 0.3) is 0 Å². The lowest BCUT2D eigenvalue weighted by Gasteiger charge is -2.10. The van der Waals surface area contributed by atoms with E-state index in [9.17, 15) is 8.78 Å². The van der Waals surface area contributed by atoms with Crippen molar-refractivity contribution in [2.75, 3.05) is 5.88 Å². The van der Waals surface area contributed by atoms with Gasteiger partial charge in [0.1, 0.15) is 24.0 Å². The van der Waals surface area contributed by atoms with E-state index in [0.717, 1.165) is 0 Å². The highest BCUT2D eigenvalue weighted by atomic mass is 35.5. The summed E-state index contributed by atoms with van der Waals surface area (Å²) in [6, 6.07) is 8.02. The van der Waals surface area contributed by atoms with Gasteiger partial charge >= 0.3 is 0 Å². The number of benzene rings is 2. The molecule has 0 atom stereocenters. The molecule has 0 spiro atoms. The van der Waals surface area contributed by atoms with E-state index >= 15 is 0 Å². The Bertz CT molecular complexity index is 705. The Hall–Kier alpha value is -1.76. The van der Waals surface area contributed by atoms with Gasteiger partial charge < -0.3 is 4.74 Å². The van der Waals surface area contributed by atoms with E-state index in [1.54, 1.807) is 0 Å². The summed E-state index contributed by atoms with van der Waals surface area (Å²) < 4.78 is 31.8. The molecule has 0 unspecified atom stereocenters. The molecule has 0 heterocycles. The predicted octanol–water partition coefficient (Wildman–Crippen LogP) is 4.79. The Morgan fingerprint density at radius 2 is 1.76 bits per heavy atom. The van der Waals surface area contributed by atoms with Gasteiger partial charge in [0, 0.05) is 11.6 Å². The number of hydrogen-bond acceptors (Lipinski definition) is 1. The van der Waals surface area contributed by atoms with Crippen LogP contribution in [0.15, 0.2) is 36.4 Å². The average Bonchev–Trinajstić information content (AvgIpc) is 2.45. The van der Waals surface area contributed by atoms with Crippen molar-refractivity contribution < 1.29 is 13.5 Å². The molecule has 0 aliphatic rings. The molecule has 0 aromatic heterocycles. The van der Waals surface area contributed by atoms with Crippen LogP contribution in [-0.4, -0.2) is 5.88 Å². The van der Waals surface area contributed by atoms with Crippen LogP contribution in [0.5, 0.6) is 5.75 Å². The first kappa shape index (κ1) is 15.6. The summed E-state index contributed by atoms with van der Waals surface area (Å²) in [5.74, 6) is 5.05. The van der Waals surface area contributed by atoms with Crippen molar-refractivity contribution in [1.82, 2.24) is 0 Å². The SMILES string of the molecule is Fc1ccc(COc2cc(F)ccc2C#CCCl)c(Cl)c1. The number of hydrogen-bond donors (Lipinski definition) is 0. The highest BCUT2D eigenvalue weighted by Crippen LogP contribution is 2.23. The Morgan fingerprint density at radius 1 is 1.05 bits per heavy atom. The van der Waals surface area contributed by atoms with E-state index in [-0.39, 0.29) is 23.3 Å². The third kappa shape index (κ3) is 4.35. The Morgan fingerprint density at radius 3 is 2.48 bits per heavy atom. The fourth-order valence-corrected chi connectivity index (χ4v) is 1.93. The molecule has 0 N–H and O–H groups in total. The Balaban J connectivity index is 2.20. The Kier molecular flexibility index (Phi) is 5.44. The van der Waals surface area contributed by atoms with Gasteiger partial charge in [-0.1, -0.05) is 29.5 Å². The molecule has 0 saturated heterocycles. The maximum atomic E-state index is 13.3. The zero-order valence-corrected chi connectivity index (χ0v) is 12.3. The van der Waals surface area contributed by atoms with E-state index in [4.69, 9.17) is 27.9 Å². The van der Waals surface area contributed by atoms with E-state index < -0.39 is 11.6 Å². The van der Waals surface area contributed by atoms with Gasteiger partial charge in [-0.2, -0.15) is 0 Å². The number of alkyl halides is 1. The second-order valence-corrected chi connectivity index (χ2v) is 4.77. The molecule has 1 nitrogen and oxygen atoms in total. The van der Waals surface area contributed by atoms with Crippen molar-refractivity contribution >= 4 is 23.2 Å². The van der Waals surface area contributed by atoms with E-state index in [1.165, 1.54) is 36.4 Å². The average molecular weight is 327 g/mol. The largest absolute Gasteiger partial charge is 0.487 e. The maximum Gasteiger partial charge on any atom is 0.138 e. The third-order valence-electron chi connectivity index (χ3n) is 2.63. The third-order valence-corrected chi connectivity index (χ3v) is 3.12. The van der Waals surface area contributed by atoms with Crippen LogP contribution < -0.4 is 4.74 Å². The Labute approximate surface area is 131 Å². The fraction of sp³-hybridized carbons (Fsp3) is 0.125. The summed E-state index contributed by atoms with van der Waals surface area (Å²) >= 11 is 11.4. The first-order valence-corrected chi connectivity index (χ1v) is 6.92. The van der Waals surface area contributed by atoms with Gasteiger partial charge in [-0.25, -0.2) is 8.78 Å². The highest BCUT2D eigenvalue weighted by molar-refractivity contribution is 6.31. The zero-order valence-electron chi connectivity index (χ0n) is 10.8. The van der Waals surface area contributed by atoms with Crippen molar-refractivity contribution in [1.29, 1.82) is 0 Å². The summed E-state index contributed by atoms with van der Waals surface area (Å²) in [5, 5.41) is 0.250. The van der Waals surface area contributed by atoms with Crippen LogP contribution in [-0.2, 0) is 6.61 Å².